The van der Waals surface area contributed by atoms with Crippen molar-refractivity contribution in [3.63, 3.8) is 0 Å². The number of aliphatic hydroxyl groups is 1. The number of ether oxygens (including phenoxy) is 1. The molecular weight excluding hydrogens is 468 g/mol. The predicted molar refractivity (Wildman–Crippen MR) is 132 cm³/mol. The molecule has 0 aromatic heterocycles. The number of benzene rings is 3. The first-order chi connectivity index (χ1) is 16.7. The number of hydrogen-bond acceptors (Lipinski definition) is 7. The molecule has 0 aliphatic heterocycles. The van der Waals surface area contributed by atoms with Crippen LogP contribution >= 0.6 is 0 Å². The molecule has 0 saturated carbocycles. The maximum absolute atomic E-state index is 12.9. The Morgan fingerprint density at radius 1 is 1.00 bits per heavy atom. The van der Waals surface area contributed by atoms with E-state index in [1.165, 1.54) is 37.9 Å². The molecule has 182 valence electrons. The number of aliphatic hydroxyl groups excluding tert-OH is 1. The number of fused-ring (bicyclic) bond motifs is 3. The molecule has 3 aromatic rings. The third-order valence-electron chi connectivity index (χ3n) is 5.87. The molecule has 35 heavy (non-hydrogen) atoms. The Balaban J connectivity index is 1.54. The Kier molecular flexibility index (Phi) is 7.02. The molecule has 0 atom stereocenters. The van der Waals surface area contributed by atoms with Crippen molar-refractivity contribution in [3.8, 4) is 11.1 Å². The standard InChI is InChI=1S/C26H26N2O6S/c1-28(2)35(32,33)20-9-10-24(27-11-12-29)23(15-20)26(31)34-16-25(30)19-8-7-18-13-17-5-3-4-6-21(17)22(18)14-19/h3-10,14-15,27,29H,11-13,16H2,1-2H3. The molecule has 4 rings (SSSR count). The van der Waals surface area contributed by atoms with Gasteiger partial charge in [0.2, 0.25) is 10.0 Å². The summed E-state index contributed by atoms with van der Waals surface area (Å²) in [7, 11) is -1.02. The zero-order valence-corrected chi connectivity index (χ0v) is 20.3. The van der Waals surface area contributed by atoms with Gasteiger partial charge in [0.25, 0.3) is 0 Å². The average Bonchev–Trinajstić information content (AvgIpc) is 3.23. The van der Waals surface area contributed by atoms with Gasteiger partial charge in [-0.2, -0.15) is 0 Å². The van der Waals surface area contributed by atoms with Crippen LogP contribution in [-0.4, -0.2) is 63.4 Å². The number of anilines is 1. The van der Waals surface area contributed by atoms with Crippen LogP contribution in [-0.2, 0) is 21.2 Å². The monoisotopic (exact) mass is 494 g/mol. The molecule has 2 N–H and O–H groups in total. The Bertz CT molecular complexity index is 1400. The van der Waals surface area contributed by atoms with Crippen LogP contribution in [0.3, 0.4) is 0 Å². The van der Waals surface area contributed by atoms with E-state index in [0.717, 1.165) is 27.4 Å². The fraction of sp³-hybridized carbons (Fsp3) is 0.231. The van der Waals surface area contributed by atoms with Gasteiger partial charge >= 0.3 is 5.97 Å². The zero-order valence-electron chi connectivity index (χ0n) is 19.4. The van der Waals surface area contributed by atoms with Crippen molar-refractivity contribution in [3.05, 3.63) is 82.9 Å². The van der Waals surface area contributed by atoms with Crippen molar-refractivity contribution in [1.29, 1.82) is 0 Å². The number of hydrogen-bond donors (Lipinski definition) is 2. The first-order valence-corrected chi connectivity index (χ1v) is 12.5. The topological polar surface area (TPSA) is 113 Å². The van der Waals surface area contributed by atoms with E-state index in [-0.39, 0.29) is 29.4 Å². The quantitative estimate of drug-likeness (QED) is 0.272. The summed E-state index contributed by atoms with van der Waals surface area (Å²) in [5.74, 6) is -1.21. The van der Waals surface area contributed by atoms with Crippen LogP contribution in [0.25, 0.3) is 11.1 Å². The minimum atomic E-state index is -3.79. The van der Waals surface area contributed by atoms with Gasteiger partial charge < -0.3 is 15.2 Å². The number of rotatable bonds is 9. The molecule has 0 bridgehead atoms. The number of ketones is 1. The summed E-state index contributed by atoms with van der Waals surface area (Å²) in [6, 6.07) is 17.5. The van der Waals surface area contributed by atoms with E-state index in [1.54, 1.807) is 6.07 Å². The summed E-state index contributed by atoms with van der Waals surface area (Å²) in [5, 5.41) is 12.0. The number of nitrogens with one attached hydrogen (secondary N) is 1. The van der Waals surface area contributed by atoms with E-state index in [2.05, 4.69) is 11.4 Å². The van der Waals surface area contributed by atoms with E-state index < -0.39 is 22.6 Å². The minimum absolute atomic E-state index is 0.0444. The minimum Gasteiger partial charge on any atom is -0.454 e. The summed E-state index contributed by atoms with van der Waals surface area (Å²) in [5.41, 5.74) is 5.10. The van der Waals surface area contributed by atoms with Crippen molar-refractivity contribution in [1.82, 2.24) is 4.31 Å². The largest absolute Gasteiger partial charge is 0.454 e. The van der Waals surface area contributed by atoms with Crippen molar-refractivity contribution < 1.29 is 27.9 Å². The van der Waals surface area contributed by atoms with Crippen molar-refractivity contribution in [2.45, 2.75) is 11.3 Å². The summed E-state index contributed by atoms with van der Waals surface area (Å²) >= 11 is 0. The lowest BCUT2D eigenvalue weighted by Crippen LogP contribution is -2.23. The van der Waals surface area contributed by atoms with Gasteiger partial charge in [0, 0.05) is 31.9 Å². The summed E-state index contributed by atoms with van der Waals surface area (Å²) < 4.78 is 31.4. The number of carbonyl (C=O) groups excluding carboxylic acids is 2. The van der Waals surface area contributed by atoms with Crippen molar-refractivity contribution in [2.75, 3.05) is 39.2 Å². The molecule has 8 nitrogen and oxygen atoms in total. The van der Waals surface area contributed by atoms with E-state index in [1.807, 2.05) is 30.3 Å². The van der Waals surface area contributed by atoms with Crippen LogP contribution in [0, 0.1) is 0 Å². The van der Waals surface area contributed by atoms with E-state index >= 15 is 0 Å². The number of Topliss-reactive ketones (excluding diaryl/α,β-unsaturated/α-hetero) is 1. The molecular formula is C26H26N2O6S. The predicted octanol–water partition coefficient (Wildman–Crippen LogP) is 2.95. The van der Waals surface area contributed by atoms with Crippen LogP contribution in [0.1, 0.15) is 31.8 Å². The van der Waals surface area contributed by atoms with Gasteiger partial charge in [0.1, 0.15) is 0 Å². The number of nitrogens with zero attached hydrogens (tertiary/aromatic N) is 1. The average molecular weight is 495 g/mol. The third-order valence-corrected chi connectivity index (χ3v) is 7.68. The van der Waals surface area contributed by atoms with Crippen LogP contribution in [0.2, 0.25) is 0 Å². The molecule has 0 amide bonds. The molecule has 0 unspecified atom stereocenters. The highest BCUT2D eigenvalue weighted by Gasteiger charge is 2.23. The van der Waals surface area contributed by atoms with E-state index in [4.69, 9.17) is 9.84 Å². The second kappa shape index (κ2) is 9.99. The molecule has 3 aromatic carbocycles. The second-order valence-electron chi connectivity index (χ2n) is 8.35. The highest BCUT2D eigenvalue weighted by molar-refractivity contribution is 7.89. The Morgan fingerprint density at radius 3 is 2.49 bits per heavy atom. The van der Waals surface area contributed by atoms with Crippen LogP contribution in [0.4, 0.5) is 5.69 Å². The van der Waals surface area contributed by atoms with Gasteiger partial charge in [-0.25, -0.2) is 17.5 Å². The molecule has 0 saturated heterocycles. The van der Waals surface area contributed by atoms with Crippen LogP contribution in [0.5, 0.6) is 0 Å². The maximum Gasteiger partial charge on any atom is 0.340 e. The zero-order chi connectivity index (χ0) is 25.2. The molecule has 1 aliphatic carbocycles. The third kappa shape index (κ3) is 4.97. The highest BCUT2D eigenvalue weighted by Crippen LogP contribution is 2.36. The molecule has 0 spiro atoms. The highest BCUT2D eigenvalue weighted by atomic mass is 32.2. The van der Waals surface area contributed by atoms with Gasteiger partial charge in [0.15, 0.2) is 12.4 Å². The smallest absolute Gasteiger partial charge is 0.340 e. The van der Waals surface area contributed by atoms with Gasteiger partial charge in [-0.3, -0.25) is 4.79 Å². The number of esters is 1. The van der Waals surface area contributed by atoms with Crippen LogP contribution < -0.4 is 5.32 Å². The lowest BCUT2D eigenvalue weighted by molar-refractivity contribution is 0.0475. The van der Waals surface area contributed by atoms with Crippen molar-refractivity contribution in [2.24, 2.45) is 0 Å². The summed E-state index contributed by atoms with van der Waals surface area (Å²) in [4.78, 5) is 25.6. The summed E-state index contributed by atoms with van der Waals surface area (Å²) in [6.45, 7) is -0.537. The second-order valence-corrected chi connectivity index (χ2v) is 10.5. The van der Waals surface area contributed by atoms with Gasteiger partial charge in [-0.05, 0) is 52.9 Å². The normalized spacial score (nSPS) is 12.2. The Hall–Kier alpha value is -3.53. The molecule has 0 heterocycles. The first-order valence-electron chi connectivity index (χ1n) is 11.0. The fourth-order valence-corrected chi connectivity index (χ4v) is 4.93. The fourth-order valence-electron chi connectivity index (χ4n) is 4.00. The molecule has 0 radical (unpaired) electrons. The lowest BCUT2D eigenvalue weighted by Gasteiger charge is -2.15. The first kappa shape index (κ1) is 24.6. The summed E-state index contributed by atoms with van der Waals surface area (Å²) in [6.07, 6.45) is 0.810. The Morgan fingerprint density at radius 2 is 1.74 bits per heavy atom. The van der Waals surface area contributed by atoms with Gasteiger partial charge in [-0.15, -0.1) is 0 Å². The van der Waals surface area contributed by atoms with Gasteiger partial charge in [-0.1, -0.05) is 36.4 Å². The van der Waals surface area contributed by atoms with Gasteiger partial charge in [0.05, 0.1) is 17.1 Å². The number of sulfonamides is 1. The number of carbonyl (C=O) groups is 2. The van der Waals surface area contributed by atoms with E-state index in [0.29, 0.717) is 11.3 Å². The molecule has 1 aliphatic rings. The van der Waals surface area contributed by atoms with E-state index in [9.17, 15) is 18.0 Å². The maximum atomic E-state index is 12.9. The molecule has 0 fully saturated rings. The van der Waals surface area contributed by atoms with Crippen LogP contribution in [0.15, 0.2) is 65.6 Å². The SMILES string of the molecule is CN(C)S(=O)(=O)c1ccc(NCCO)c(C(=O)OCC(=O)c2ccc3c(c2)-c2ccccc2C3)c1. The van der Waals surface area contributed by atoms with Crippen molar-refractivity contribution >= 4 is 27.5 Å². The lowest BCUT2D eigenvalue weighted by atomic mass is 10.0. The Labute approximate surface area is 204 Å². The molecule has 9 heteroatoms.